The third-order valence-corrected chi connectivity index (χ3v) is 4.19. The molecule has 1 aromatic rings. The summed E-state index contributed by atoms with van der Waals surface area (Å²) in [5, 5.41) is 0. The molecule has 3 amide bonds. The Morgan fingerprint density at radius 3 is 2.05 bits per heavy atom. The lowest BCUT2D eigenvalue weighted by Gasteiger charge is -2.36. The largest absolute Gasteiger partial charge is 0.366 e. The predicted molar refractivity (Wildman–Crippen MR) is 82.3 cm³/mol. The van der Waals surface area contributed by atoms with Gasteiger partial charge in [-0.15, -0.1) is 0 Å². The van der Waals surface area contributed by atoms with Crippen molar-refractivity contribution in [3.05, 3.63) is 35.4 Å². The summed E-state index contributed by atoms with van der Waals surface area (Å²) in [6.07, 6.45) is 1.56. The topological polar surface area (TPSA) is 83.7 Å². The summed E-state index contributed by atoms with van der Waals surface area (Å²) in [5.74, 6) is -0.518. The monoisotopic (exact) mass is 303 g/mol. The summed E-state index contributed by atoms with van der Waals surface area (Å²) in [6.45, 7) is 2.92. The molecule has 2 rings (SSSR count). The SMILES string of the molecule is CC(=O)N1CCC(N(C)C(=O)c2ccc(C(N)=O)cc2)CC1. The van der Waals surface area contributed by atoms with E-state index in [1.54, 1.807) is 48.0 Å². The number of rotatable bonds is 3. The van der Waals surface area contributed by atoms with E-state index >= 15 is 0 Å². The first-order valence-corrected chi connectivity index (χ1v) is 7.32. The number of carbonyl (C=O) groups excluding carboxylic acids is 3. The van der Waals surface area contributed by atoms with Crippen molar-refractivity contribution in [2.75, 3.05) is 20.1 Å². The molecule has 1 aliphatic rings. The van der Waals surface area contributed by atoms with Crippen molar-refractivity contribution in [3.63, 3.8) is 0 Å². The van der Waals surface area contributed by atoms with Crippen LogP contribution < -0.4 is 5.73 Å². The van der Waals surface area contributed by atoms with Crippen molar-refractivity contribution in [3.8, 4) is 0 Å². The molecule has 6 heteroatoms. The minimum atomic E-state index is -0.510. The predicted octanol–water partition coefficient (Wildman–Crippen LogP) is 0.868. The van der Waals surface area contributed by atoms with Gasteiger partial charge in [-0.1, -0.05) is 0 Å². The lowest BCUT2D eigenvalue weighted by molar-refractivity contribution is -0.130. The van der Waals surface area contributed by atoms with Gasteiger partial charge in [0, 0.05) is 44.2 Å². The molecule has 6 nitrogen and oxygen atoms in total. The maximum Gasteiger partial charge on any atom is 0.253 e. The van der Waals surface area contributed by atoms with Crippen LogP contribution in [0.5, 0.6) is 0 Å². The molecule has 0 saturated carbocycles. The molecule has 0 spiro atoms. The van der Waals surface area contributed by atoms with E-state index in [1.165, 1.54) is 0 Å². The molecule has 1 aromatic carbocycles. The molecule has 22 heavy (non-hydrogen) atoms. The van der Waals surface area contributed by atoms with Gasteiger partial charge in [-0.2, -0.15) is 0 Å². The fourth-order valence-corrected chi connectivity index (χ4v) is 2.71. The minimum absolute atomic E-state index is 0.0782. The van der Waals surface area contributed by atoms with Gasteiger partial charge in [0.2, 0.25) is 11.8 Å². The van der Waals surface area contributed by atoms with Gasteiger partial charge in [-0.25, -0.2) is 0 Å². The van der Waals surface area contributed by atoms with Crippen LogP contribution in [0.1, 0.15) is 40.5 Å². The van der Waals surface area contributed by atoms with Crippen molar-refractivity contribution < 1.29 is 14.4 Å². The van der Waals surface area contributed by atoms with Crippen LogP contribution in [-0.4, -0.2) is 53.7 Å². The molecule has 2 N–H and O–H groups in total. The molecule has 0 radical (unpaired) electrons. The average Bonchev–Trinajstić information content (AvgIpc) is 2.53. The smallest absolute Gasteiger partial charge is 0.253 e. The van der Waals surface area contributed by atoms with Crippen LogP contribution in [0.4, 0.5) is 0 Å². The van der Waals surface area contributed by atoms with Crippen LogP contribution in [0.2, 0.25) is 0 Å². The van der Waals surface area contributed by atoms with Crippen molar-refractivity contribution in [2.24, 2.45) is 5.73 Å². The highest BCUT2D eigenvalue weighted by atomic mass is 16.2. The third kappa shape index (κ3) is 3.44. The number of likely N-dealkylation sites (tertiary alicyclic amines) is 1. The van der Waals surface area contributed by atoms with E-state index < -0.39 is 5.91 Å². The van der Waals surface area contributed by atoms with E-state index in [0.717, 1.165) is 12.8 Å². The van der Waals surface area contributed by atoms with E-state index in [4.69, 9.17) is 5.73 Å². The quantitative estimate of drug-likeness (QED) is 0.899. The number of primary amides is 1. The number of amides is 3. The van der Waals surface area contributed by atoms with Gasteiger partial charge in [0.05, 0.1) is 0 Å². The normalized spacial score (nSPS) is 15.5. The highest BCUT2D eigenvalue weighted by Gasteiger charge is 2.26. The van der Waals surface area contributed by atoms with Crippen LogP contribution in [0, 0.1) is 0 Å². The number of hydrogen-bond donors (Lipinski definition) is 1. The standard InChI is InChI=1S/C16H21N3O3/c1-11(20)19-9-7-14(8-10-19)18(2)16(22)13-5-3-12(4-6-13)15(17)21/h3-6,14H,7-10H2,1-2H3,(H2,17,21). The Hall–Kier alpha value is -2.37. The molecule has 0 bridgehead atoms. The summed E-state index contributed by atoms with van der Waals surface area (Å²) in [5.41, 5.74) is 6.10. The molecule has 1 heterocycles. The van der Waals surface area contributed by atoms with Gasteiger partial charge in [0.25, 0.3) is 5.91 Å². The second kappa shape index (κ2) is 6.60. The van der Waals surface area contributed by atoms with Gasteiger partial charge in [-0.05, 0) is 37.1 Å². The Morgan fingerprint density at radius 1 is 1.09 bits per heavy atom. The van der Waals surface area contributed by atoms with Gasteiger partial charge < -0.3 is 15.5 Å². The van der Waals surface area contributed by atoms with Gasteiger partial charge in [-0.3, -0.25) is 14.4 Å². The first-order chi connectivity index (χ1) is 10.4. The van der Waals surface area contributed by atoms with Gasteiger partial charge >= 0.3 is 0 Å². The van der Waals surface area contributed by atoms with Crippen LogP contribution in [0.25, 0.3) is 0 Å². The molecule has 0 aliphatic carbocycles. The molecular formula is C16H21N3O3. The second-order valence-electron chi connectivity index (χ2n) is 5.59. The Kier molecular flexibility index (Phi) is 4.80. The highest BCUT2D eigenvalue weighted by molar-refractivity contribution is 5.97. The summed E-state index contributed by atoms with van der Waals surface area (Å²) >= 11 is 0. The van der Waals surface area contributed by atoms with Crippen LogP contribution in [0.15, 0.2) is 24.3 Å². The zero-order valence-corrected chi connectivity index (χ0v) is 12.9. The maximum absolute atomic E-state index is 12.5. The van der Waals surface area contributed by atoms with Crippen LogP contribution in [0.3, 0.4) is 0 Å². The zero-order chi connectivity index (χ0) is 16.3. The number of nitrogens with two attached hydrogens (primary N) is 1. The first-order valence-electron chi connectivity index (χ1n) is 7.32. The minimum Gasteiger partial charge on any atom is -0.366 e. The van der Waals surface area contributed by atoms with E-state index in [2.05, 4.69) is 0 Å². The molecule has 0 atom stereocenters. The number of benzene rings is 1. The molecule has 1 saturated heterocycles. The van der Waals surface area contributed by atoms with Crippen molar-refractivity contribution >= 4 is 17.7 Å². The lowest BCUT2D eigenvalue weighted by atomic mass is 10.0. The Balaban J connectivity index is 2.00. The number of hydrogen-bond acceptors (Lipinski definition) is 3. The highest BCUT2D eigenvalue weighted by Crippen LogP contribution is 2.18. The summed E-state index contributed by atoms with van der Waals surface area (Å²) in [4.78, 5) is 38.4. The molecule has 0 aromatic heterocycles. The van der Waals surface area contributed by atoms with Crippen LogP contribution >= 0.6 is 0 Å². The number of carbonyl (C=O) groups is 3. The average molecular weight is 303 g/mol. The Morgan fingerprint density at radius 2 is 1.59 bits per heavy atom. The lowest BCUT2D eigenvalue weighted by Crippen LogP contribution is -2.46. The van der Waals surface area contributed by atoms with Gasteiger partial charge in [0.1, 0.15) is 0 Å². The Labute approximate surface area is 129 Å². The number of piperidine rings is 1. The summed E-state index contributed by atoms with van der Waals surface area (Å²) < 4.78 is 0. The second-order valence-corrected chi connectivity index (χ2v) is 5.59. The van der Waals surface area contributed by atoms with E-state index in [0.29, 0.717) is 24.2 Å². The van der Waals surface area contributed by atoms with E-state index in [1.807, 2.05) is 0 Å². The molecule has 1 fully saturated rings. The fourth-order valence-electron chi connectivity index (χ4n) is 2.71. The Bertz CT molecular complexity index is 575. The third-order valence-electron chi connectivity index (χ3n) is 4.19. The summed E-state index contributed by atoms with van der Waals surface area (Å²) in [6, 6.07) is 6.47. The van der Waals surface area contributed by atoms with Crippen molar-refractivity contribution in [1.82, 2.24) is 9.80 Å². The zero-order valence-electron chi connectivity index (χ0n) is 12.9. The van der Waals surface area contributed by atoms with Crippen molar-refractivity contribution in [2.45, 2.75) is 25.8 Å². The molecule has 1 aliphatic heterocycles. The molecule has 118 valence electrons. The van der Waals surface area contributed by atoms with E-state index in [-0.39, 0.29) is 17.9 Å². The molecule has 0 unspecified atom stereocenters. The number of nitrogens with zero attached hydrogens (tertiary/aromatic N) is 2. The maximum atomic E-state index is 12.5. The van der Waals surface area contributed by atoms with E-state index in [9.17, 15) is 14.4 Å². The van der Waals surface area contributed by atoms with Crippen LogP contribution in [-0.2, 0) is 4.79 Å². The van der Waals surface area contributed by atoms with Gasteiger partial charge in [0.15, 0.2) is 0 Å². The van der Waals surface area contributed by atoms with Crippen molar-refractivity contribution in [1.29, 1.82) is 0 Å². The summed E-state index contributed by atoms with van der Waals surface area (Å²) in [7, 11) is 1.78. The fraction of sp³-hybridized carbons (Fsp3) is 0.438. The molecular weight excluding hydrogens is 282 g/mol. The first kappa shape index (κ1) is 16.0.